The molecule has 1 aromatic rings. The van der Waals surface area contributed by atoms with Gasteiger partial charge in [-0.2, -0.15) is 0 Å². The molecule has 0 radical (unpaired) electrons. The zero-order valence-corrected chi connectivity index (χ0v) is 6.00. The second kappa shape index (κ2) is 2.80. The molecule has 0 saturated heterocycles. The van der Waals surface area contributed by atoms with Crippen molar-refractivity contribution in [3.8, 4) is 0 Å². The fourth-order valence-electron chi connectivity index (χ4n) is 1.21. The molecule has 1 aliphatic rings. The summed E-state index contributed by atoms with van der Waals surface area (Å²) in [7, 11) is 0. The van der Waals surface area contributed by atoms with Gasteiger partial charge in [0.05, 0.1) is 0 Å². The summed E-state index contributed by atoms with van der Waals surface area (Å²) in [5.74, 6) is 0. The minimum absolute atomic E-state index is 0. The van der Waals surface area contributed by atoms with Crippen molar-refractivity contribution in [3.05, 3.63) is 35.4 Å². The molecule has 1 aromatic carbocycles. The minimum Gasteiger partial charge on any atom is -0.848 e. The average Bonchev–Trinajstić information content (AvgIpc) is 1.86. The fraction of sp³-hybridized carbons (Fsp3) is 0.250. The predicted octanol–water partition coefficient (Wildman–Crippen LogP) is -2.35. The third kappa shape index (κ3) is 1.01. The monoisotopic (exact) mass is 126 g/mol. The Bertz CT molecular complexity index is 234. The topological polar surface area (TPSA) is 23.1 Å². The first kappa shape index (κ1) is 7.88. The van der Waals surface area contributed by atoms with Gasteiger partial charge in [-0.25, -0.2) is 0 Å². The van der Waals surface area contributed by atoms with Crippen LogP contribution in [0.1, 0.15) is 17.2 Å². The summed E-state index contributed by atoms with van der Waals surface area (Å²) >= 11 is 0. The molecule has 10 heavy (non-hydrogen) atoms. The van der Waals surface area contributed by atoms with Gasteiger partial charge in [0.25, 0.3) is 0 Å². The van der Waals surface area contributed by atoms with Crippen molar-refractivity contribution in [2.24, 2.45) is 0 Å². The molecule has 0 amide bonds. The molecular weight excluding hydrogens is 119 g/mol. The van der Waals surface area contributed by atoms with Crippen LogP contribution in [0, 0.1) is 0 Å². The van der Waals surface area contributed by atoms with Crippen molar-refractivity contribution in [2.45, 2.75) is 12.5 Å². The van der Waals surface area contributed by atoms with Crippen LogP contribution in [0.15, 0.2) is 24.3 Å². The minimum atomic E-state index is -0.429. The van der Waals surface area contributed by atoms with E-state index in [1.54, 1.807) is 0 Å². The van der Waals surface area contributed by atoms with Crippen LogP contribution in [-0.2, 0) is 6.42 Å². The van der Waals surface area contributed by atoms with Gasteiger partial charge in [-0.15, -0.1) is 0 Å². The van der Waals surface area contributed by atoms with E-state index in [1.807, 2.05) is 24.3 Å². The van der Waals surface area contributed by atoms with Crippen molar-refractivity contribution in [3.63, 3.8) is 0 Å². The molecule has 1 unspecified atom stereocenters. The first-order valence-corrected chi connectivity index (χ1v) is 3.11. The molecule has 0 bridgehead atoms. The van der Waals surface area contributed by atoms with Crippen LogP contribution in [0.4, 0.5) is 0 Å². The van der Waals surface area contributed by atoms with Crippen LogP contribution in [0.25, 0.3) is 0 Å². The smallest absolute Gasteiger partial charge is 0.848 e. The van der Waals surface area contributed by atoms with Crippen molar-refractivity contribution in [2.75, 3.05) is 0 Å². The first-order chi connectivity index (χ1) is 4.38. The van der Waals surface area contributed by atoms with Gasteiger partial charge in [0.2, 0.25) is 0 Å². The average molecular weight is 126 g/mol. The molecule has 0 fully saturated rings. The van der Waals surface area contributed by atoms with Gasteiger partial charge in [-0.1, -0.05) is 35.9 Å². The van der Waals surface area contributed by atoms with E-state index in [0.29, 0.717) is 0 Å². The van der Waals surface area contributed by atoms with Crippen molar-refractivity contribution in [1.29, 1.82) is 0 Å². The summed E-state index contributed by atoms with van der Waals surface area (Å²) in [5, 5.41) is 10.8. The normalized spacial score (nSPS) is 20.3. The van der Waals surface area contributed by atoms with Gasteiger partial charge in [0, 0.05) is 0 Å². The Morgan fingerprint density at radius 1 is 1.30 bits per heavy atom. The molecular formula is C8H7LiO. The number of benzene rings is 1. The van der Waals surface area contributed by atoms with Gasteiger partial charge >= 0.3 is 18.9 Å². The van der Waals surface area contributed by atoms with Crippen LogP contribution in [-0.4, -0.2) is 0 Å². The van der Waals surface area contributed by atoms with Crippen LogP contribution in [0.5, 0.6) is 0 Å². The maximum atomic E-state index is 10.8. The summed E-state index contributed by atoms with van der Waals surface area (Å²) in [6.45, 7) is 0. The van der Waals surface area contributed by atoms with Crippen LogP contribution in [0.3, 0.4) is 0 Å². The fourth-order valence-corrected chi connectivity index (χ4v) is 1.21. The van der Waals surface area contributed by atoms with Crippen molar-refractivity contribution < 1.29 is 24.0 Å². The third-order valence-electron chi connectivity index (χ3n) is 1.81. The van der Waals surface area contributed by atoms with Crippen molar-refractivity contribution >= 4 is 0 Å². The Kier molecular flexibility index (Phi) is 2.20. The molecule has 0 N–H and O–H groups in total. The van der Waals surface area contributed by atoms with Gasteiger partial charge in [0.15, 0.2) is 0 Å². The molecule has 46 valence electrons. The molecule has 2 heteroatoms. The van der Waals surface area contributed by atoms with E-state index >= 15 is 0 Å². The zero-order valence-electron chi connectivity index (χ0n) is 6.00. The summed E-state index contributed by atoms with van der Waals surface area (Å²) in [6.07, 6.45) is 0.303. The molecule has 1 atom stereocenters. The van der Waals surface area contributed by atoms with Gasteiger partial charge in [-0.05, 0) is 12.0 Å². The van der Waals surface area contributed by atoms with Crippen LogP contribution >= 0.6 is 0 Å². The Morgan fingerprint density at radius 2 is 2.00 bits per heavy atom. The number of fused-ring (bicyclic) bond motifs is 1. The molecule has 0 saturated carbocycles. The number of hydrogen-bond donors (Lipinski definition) is 0. The van der Waals surface area contributed by atoms with E-state index in [4.69, 9.17) is 0 Å². The SMILES string of the molecule is [Li+].[O-]C1Cc2ccccc21. The molecule has 2 rings (SSSR count). The summed E-state index contributed by atoms with van der Waals surface area (Å²) < 4.78 is 0. The summed E-state index contributed by atoms with van der Waals surface area (Å²) in [5.41, 5.74) is 2.23. The van der Waals surface area contributed by atoms with Crippen molar-refractivity contribution in [1.82, 2.24) is 0 Å². The largest absolute Gasteiger partial charge is 1.00 e. The molecule has 0 aromatic heterocycles. The third-order valence-corrected chi connectivity index (χ3v) is 1.81. The van der Waals surface area contributed by atoms with Gasteiger partial charge < -0.3 is 5.11 Å². The molecule has 0 aliphatic heterocycles. The summed E-state index contributed by atoms with van der Waals surface area (Å²) in [4.78, 5) is 0. The van der Waals surface area contributed by atoms with Gasteiger partial charge in [-0.3, -0.25) is 0 Å². The standard InChI is InChI=1S/C8H7O.Li/c9-8-5-6-3-1-2-4-7(6)8;/h1-4,8H,5H2;/q-1;+1. The second-order valence-electron chi connectivity index (χ2n) is 2.39. The van der Waals surface area contributed by atoms with E-state index in [9.17, 15) is 5.11 Å². The Morgan fingerprint density at radius 3 is 2.50 bits per heavy atom. The zero-order chi connectivity index (χ0) is 6.27. The maximum Gasteiger partial charge on any atom is 1.00 e. The van der Waals surface area contributed by atoms with E-state index in [0.717, 1.165) is 12.0 Å². The molecule has 0 heterocycles. The first-order valence-electron chi connectivity index (χ1n) is 3.11. The van der Waals surface area contributed by atoms with E-state index in [2.05, 4.69) is 0 Å². The molecule has 1 nitrogen and oxygen atoms in total. The van der Waals surface area contributed by atoms with Crippen LogP contribution < -0.4 is 24.0 Å². The quantitative estimate of drug-likeness (QED) is 0.357. The second-order valence-corrected chi connectivity index (χ2v) is 2.39. The Hall–Kier alpha value is -0.223. The molecule has 1 aliphatic carbocycles. The Labute approximate surface area is 72.2 Å². The number of hydrogen-bond acceptors (Lipinski definition) is 1. The maximum absolute atomic E-state index is 10.8. The van der Waals surface area contributed by atoms with E-state index in [-0.39, 0.29) is 18.9 Å². The Balaban J connectivity index is 0.000000500. The number of rotatable bonds is 0. The predicted molar refractivity (Wildman–Crippen MR) is 32.9 cm³/mol. The van der Waals surface area contributed by atoms with E-state index < -0.39 is 6.10 Å². The molecule has 0 spiro atoms. The summed E-state index contributed by atoms with van der Waals surface area (Å²) in [6, 6.07) is 7.83. The van der Waals surface area contributed by atoms with E-state index in [1.165, 1.54) is 5.56 Å². The van der Waals surface area contributed by atoms with Gasteiger partial charge in [0.1, 0.15) is 0 Å². The van der Waals surface area contributed by atoms with Crippen LogP contribution in [0.2, 0.25) is 0 Å².